The standard InChI is InChI=1S/C19H18N2O3/c1-22-17-11-16-13(8-9-24-16)19(23-2)18(17)15-10-14(20-21-15)12-6-4-3-5-7-12/h3-9,11,14,20H,10H2,1-2H3. The maximum Gasteiger partial charge on any atom is 0.142 e. The summed E-state index contributed by atoms with van der Waals surface area (Å²) in [6, 6.07) is 14.2. The van der Waals surface area contributed by atoms with Gasteiger partial charge >= 0.3 is 0 Å². The number of hydrazone groups is 1. The molecule has 5 heteroatoms. The Morgan fingerprint density at radius 2 is 1.96 bits per heavy atom. The van der Waals surface area contributed by atoms with E-state index in [2.05, 4.69) is 22.7 Å². The fraction of sp³-hybridized carbons (Fsp3) is 0.211. The van der Waals surface area contributed by atoms with Gasteiger partial charge in [-0.05, 0) is 11.6 Å². The normalized spacial score (nSPS) is 16.8. The molecule has 0 saturated carbocycles. The maximum absolute atomic E-state index is 5.66. The van der Waals surface area contributed by atoms with Crippen LogP contribution < -0.4 is 14.9 Å². The highest BCUT2D eigenvalue weighted by atomic mass is 16.5. The molecule has 0 radical (unpaired) electrons. The van der Waals surface area contributed by atoms with Crippen molar-refractivity contribution >= 4 is 16.7 Å². The Labute approximate surface area is 139 Å². The lowest BCUT2D eigenvalue weighted by atomic mass is 9.97. The Morgan fingerprint density at radius 1 is 1.12 bits per heavy atom. The number of nitrogens with one attached hydrogen (secondary N) is 1. The van der Waals surface area contributed by atoms with Gasteiger partial charge < -0.3 is 19.3 Å². The van der Waals surface area contributed by atoms with Crippen LogP contribution >= 0.6 is 0 Å². The van der Waals surface area contributed by atoms with Crippen LogP contribution in [0.1, 0.15) is 23.6 Å². The van der Waals surface area contributed by atoms with Gasteiger partial charge in [-0.1, -0.05) is 30.3 Å². The molecule has 0 aliphatic carbocycles. The molecule has 1 N–H and O–H groups in total. The van der Waals surface area contributed by atoms with Crippen molar-refractivity contribution in [3.8, 4) is 11.5 Å². The Hall–Kier alpha value is -2.95. The van der Waals surface area contributed by atoms with E-state index in [0.717, 1.165) is 34.4 Å². The molecule has 1 unspecified atom stereocenters. The molecule has 2 heterocycles. The number of hydrogen-bond donors (Lipinski definition) is 1. The molecule has 3 aromatic rings. The maximum atomic E-state index is 5.66. The van der Waals surface area contributed by atoms with Gasteiger partial charge in [-0.15, -0.1) is 0 Å². The van der Waals surface area contributed by atoms with Crippen LogP contribution in [0.25, 0.3) is 11.0 Å². The number of methoxy groups -OCH3 is 2. The van der Waals surface area contributed by atoms with E-state index in [4.69, 9.17) is 13.9 Å². The molecular weight excluding hydrogens is 304 g/mol. The van der Waals surface area contributed by atoms with Crippen LogP contribution in [0.2, 0.25) is 0 Å². The van der Waals surface area contributed by atoms with Gasteiger partial charge in [0.2, 0.25) is 0 Å². The van der Waals surface area contributed by atoms with Gasteiger partial charge in [-0.3, -0.25) is 0 Å². The minimum absolute atomic E-state index is 0.149. The molecule has 24 heavy (non-hydrogen) atoms. The first-order valence-electron chi connectivity index (χ1n) is 7.81. The fourth-order valence-corrected chi connectivity index (χ4v) is 3.18. The summed E-state index contributed by atoms with van der Waals surface area (Å²) in [4.78, 5) is 0. The van der Waals surface area contributed by atoms with Crippen molar-refractivity contribution in [2.75, 3.05) is 14.2 Å². The topological polar surface area (TPSA) is 56.0 Å². The zero-order valence-corrected chi connectivity index (χ0v) is 13.6. The summed E-state index contributed by atoms with van der Waals surface area (Å²) in [6.07, 6.45) is 2.41. The van der Waals surface area contributed by atoms with Crippen LogP contribution in [0.15, 0.2) is 58.2 Å². The van der Waals surface area contributed by atoms with E-state index >= 15 is 0 Å². The second-order valence-corrected chi connectivity index (χ2v) is 5.67. The number of benzene rings is 2. The van der Waals surface area contributed by atoms with E-state index in [-0.39, 0.29) is 6.04 Å². The summed E-state index contributed by atoms with van der Waals surface area (Å²) >= 11 is 0. The number of ether oxygens (including phenoxy) is 2. The SMILES string of the molecule is COc1cc2occc2c(OC)c1C1=NNC(c2ccccc2)C1. The minimum atomic E-state index is 0.149. The highest BCUT2D eigenvalue weighted by Gasteiger charge is 2.27. The molecule has 0 spiro atoms. The van der Waals surface area contributed by atoms with Crippen molar-refractivity contribution in [1.29, 1.82) is 0 Å². The van der Waals surface area contributed by atoms with Crippen molar-refractivity contribution < 1.29 is 13.9 Å². The lowest BCUT2D eigenvalue weighted by Gasteiger charge is -2.14. The van der Waals surface area contributed by atoms with Crippen molar-refractivity contribution in [2.24, 2.45) is 5.10 Å². The van der Waals surface area contributed by atoms with Crippen LogP contribution in [-0.2, 0) is 0 Å². The molecule has 4 rings (SSSR count). The summed E-state index contributed by atoms with van der Waals surface area (Å²) in [6.45, 7) is 0. The van der Waals surface area contributed by atoms with Crippen LogP contribution in [0.5, 0.6) is 11.5 Å². The van der Waals surface area contributed by atoms with E-state index < -0.39 is 0 Å². The lowest BCUT2D eigenvalue weighted by molar-refractivity contribution is 0.395. The molecule has 1 aliphatic heterocycles. The van der Waals surface area contributed by atoms with Gasteiger partial charge in [0.1, 0.15) is 17.1 Å². The monoisotopic (exact) mass is 322 g/mol. The second-order valence-electron chi connectivity index (χ2n) is 5.67. The Kier molecular flexibility index (Phi) is 3.61. The van der Waals surface area contributed by atoms with Crippen LogP contribution in [-0.4, -0.2) is 19.9 Å². The quantitative estimate of drug-likeness (QED) is 0.792. The second kappa shape index (κ2) is 5.92. The summed E-state index contributed by atoms with van der Waals surface area (Å²) in [5, 5.41) is 5.46. The summed E-state index contributed by atoms with van der Waals surface area (Å²) in [5.74, 6) is 1.43. The van der Waals surface area contributed by atoms with Crippen molar-refractivity contribution in [1.82, 2.24) is 5.43 Å². The number of rotatable bonds is 4. The first-order chi connectivity index (χ1) is 11.8. The molecular formula is C19H18N2O3. The third-order valence-corrected chi connectivity index (χ3v) is 4.34. The summed E-state index contributed by atoms with van der Waals surface area (Å²) < 4.78 is 16.7. The number of hydrogen-bond acceptors (Lipinski definition) is 5. The van der Waals surface area contributed by atoms with Gasteiger partial charge in [0.05, 0.1) is 43.2 Å². The highest BCUT2D eigenvalue weighted by Crippen LogP contribution is 2.40. The predicted molar refractivity (Wildman–Crippen MR) is 92.8 cm³/mol. The van der Waals surface area contributed by atoms with Gasteiger partial charge in [-0.25, -0.2) is 0 Å². The first kappa shape index (κ1) is 14.6. The average molecular weight is 322 g/mol. The molecule has 122 valence electrons. The Balaban J connectivity index is 1.76. The average Bonchev–Trinajstić information content (AvgIpc) is 3.29. The molecule has 0 bridgehead atoms. The molecule has 1 atom stereocenters. The smallest absolute Gasteiger partial charge is 0.142 e. The Morgan fingerprint density at radius 3 is 2.71 bits per heavy atom. The van der Waals surface area contributed by atoms with E-state index in [1.807, 2.05) is 30.3 Å². The molecule has 0 amide bonds. The van der Waals surface area contributed by atoms with Crippen molar-refractivity contribution in [3.05, 3.63) is 59.9 Å². The van der Waals surface area contributed by atoms with Crippen molar-refractivity contribution in [3.63, 3.8) is 0 Å². The molecule has 0 fully saturated rings. The fourth-order valence-electron chi connectivity index (χ4n) is 3.18. The third kappa shape index (κ3) is 2.29. The molecule has 1 aliphatic rings. The van der Waals surface area contributed by atoms with Gasteiger partial charge in [-0.2, -0.15) is 5.10 Å². The largest absolute Gasteiger partial charge is 0.496 e. The predicted octanol–water partition coefficient (Wildman–Crippen LogP) is 3.89. The number of fused-ring (bicyclic) bond motifs is 1. The van der Waals surface area contributed by atoms with E-state index in [1.54, 1.807) is 20.5 Å². The van der Waals surface area contributed by atoms with E-state index in [1.165, 1.54) is 5.56 Å². The number of nitrogens with zero attached hydrogens (tertiary/aromatic N) is 1. The first-order valence-corrected chi connectivity index (χ1v) is 7.81. The van der Waals surface area contributed by atoms with Crippen LogP contribution in [0.3, 0.4) is 0 Å². The summed E-state index contributed by atoms with van der Waals surface area (Å²) in [5.41, 5.74) is 6.95. The highest BCUT2D eigenvalue weighted by molar-refractivity contribution is 6.10. The van der Waals surface area contributed by atoms with Crippen LogP contribution in [0.4, 0.5) is 0 Å². The van der Waals surface area contributed by atoms with Gasteiger partial charge in [0.25, 0.3) is 0 Å². The number of furan rings is 1. The lowest BCUT2D eigenvalue weighted by Crippen LogP contribution is -2.10. The zero-order chi connectivity index (χ0) is 16.5. The summed E-state index contributed by atoms with van der Waals surface area (Å²) in [7, 11) is 3.30. The van der Waals surface area contributed by atoms with E-state index in [0.29, 0.717) is 5.75 Å². The van der Waals surface area contributed by atoms with E-state index in [9.17, 15) is 0 Å². The molecule has 2 aromatic carbocycles. The zero-order valence-electron chi connectivity index (χ0n) is 13.6. The van der Waals surface area contributed by atoms with Gasteiger partial charge in [0, 0.05) is 12.5 Å². The minimum Gasteiger partial charge on any atom is -0.496 e. The molecule has 0 saturated heterocycles. The van der Waals surface area contributed by atoms with Gasteiger partial charge in [0.15, 0.2) is 0 Å². The van der Waals surface area contributed by atoms with Crippen molar-refractivity contribution in [2.45, 2.75) is 12.5 Å². The molecule has 5 nitrogen and oxygen atoms in total. The van der Waals surface area contributed by atoms with Crippen LogP contribution in [0, 0.1) is 0 Å². The Bertz CT molecular complexity index is 900. The molecule has 1 aromatic heterocycles. The third-order valence-electron chi connectivity index (χ3n) is 4.34.